The highest BCUT2D eigenvalue weighted by molar-refractivity contribution is 6.07. The molecule has 3 atom stereocenters. The molecule has 0 aromatic heterocycles. The van der Waals surface area contributed by atoms with E-state index in [0.29, 0.717) is 13.0 Å². The number of fused-ring (bicyclic) bond motifs is 2. The second-order valence-electron chi connectivity index (χ2n) is 8.33. The normalized spacial score (nSPS) is 27.5. The fourth-order valence-corrected chi connectivity index (χ4v) is 4.63. The van der Waals surface area contributed by atoms with Gasteiger partial charge in [-0.1, -0.05) is 55.5 Å². The van der Waals surface area contributed by atoms with Crippen molar-refractivity contribution in [2.45, 2.75) is 44.9 Å². The molecule has 0 radical (unpaired) electrons. The zero-order valence-electron chi connectivity index (χ0n) is 17.3. The summed E-state index contributed by atoms with van der Waals surface area (Å²) < 4.78 is 11.5. The fraction of sp³-hybridized carbons (Fsp3) is 0.417. The van der Waals surface area contributed by atoms with Crippen LogP contribution in [0.3, 0.4) is 0 Å². The Kier molecular flexibility index (Phi) is 5.38. The zero-order valence-corrected chi connectivity index (χ0v) is 17.3. The van der Waals surface area contributed by atoms with E-state index in [1.165, 1.54) is 0 Å². The summed E-state index contributed by atoms with van der Waals surface area (Å²) in [6.45, 7) is 4.13. The molecule has 1 amide bonds. The molecule has 1 saturated heterocycles. The standard InChI is InChI=1S/C24H27NO5/c1-3-29-21(27)13-20-23(2,16-26)15-24(30-20)18-11-7-8-12-19(18)25(22(24)28)14-17-9-5-4-6-10-17/h4-12,20,26H,3,13-16H2,1-2H3/t20-,23-,24-/m1/s1. The summed E-state index contributed by atoms with van der Waals surface area (Å²) in [4.78, 5) is 27.7. The molecule has 30 heavy (non-hydrogen) atoms. The van der Waals surface area contributed by atoms with Crippen LogP contribution in [0, 0.1) is 5.41 Å². The van der Waals surface area contributed by atoms with Crippen molar-refractivity contribution in [2.75, 3.05) is 18.1 Å². The highest BCUT2D eigenvalue weighted by atomic mass is 16.5. The first-order chi connectivity index (χ1) is 14.4. The van der Waals surface area contributed by atoms with E-state index >= 15 is 0 Å². The molecule has 0 unspecified atom stereocenters. The summed E-state index contributed by atoms with van der Waals surface area (Å²) in [5, 5.41) is 10.2. The largest absolute Gasteiger partial charge is 0.466 e. The molecule has 1 spiro atoms. The van der Waals surface area contributed by atoms with E-state index in [0.717, 1.165) is 16.8 Å². The topological polar surface area (TPSA) is 76.1 Å². The molecule has 0 saturated carbocycles. The van der Waals surface area contributed by atoms with Crippen LogP contribution in [0.5, 0.6) is 0 Å². The quantitative estimate of drug-likeness (QED) is 0.742. The van der Waals surface area contributed by atoms with Crippen molar-refractivity contribution in [3.05, 3.63) is 65.7 Å². The van der Waals surface area contributed by atoms with Gasteiger partial charge >= 0.3 is 5.97 Å². The summed E-state index contributed by atoms with van der Waals surface area (Å²) >= 11 is 0. The number of anilines is 1. The maximum atomic E-state index is 13.8. The number of rotatable bonds is 6. The molecule has 2 heterocycles. The number of carbonyl (C=O) groups excluding carboxylic acids is 2. The van der Waals surface area contributed by atoms with Crippen LogP contribution >= 0.6 is 0 Å². The molecule has 2 aliphatic heterocycles. The lowest BCUT2D eigenvalue weighted by Gasteiger charge is -2.26. The zero-order chi connectivity index (χ0) is 21.4. The Bertz CT molecular complexity index is 946. The average Bonchev–Trinajstić information content (AvgIpc) is 3.16. The highest BCUT2D eigenvalue weighted by Gasteiger charge is 2.63. The first kappa shape index (κ1) is 20.6. The Morgan fingerprint density at radius 1 is 1.20 bits per heavy atom. The predicted octanol–water partition coefficient (Wildman–Crippen LogP) is 3.17. The van der Waals surface area contributed by atoms with Crippen molar-refractivity contribution in [3.8, 4) is 0 Å². The number of esters is 1. The van der Waals surface area contributed by atoms with Crippen molar-refractivity contribution in [3.63, 3.8) is 0 Å². The molecule has 6 heteroatoms. The van der Waals surface area contributed by atoms with Crippen molar-refractivity contribution in [1.82, 2.24) is 0 Å². The third-order valence-electron chi connectivity index (χ3n) is 6.20. The van der Waals surface area contributed by atoms with Gasteiger partial charge in [-0.3, -0.25) is 9.59 Å². The number of carbonyl (C=O) groups is 2. The third kappa shape index (κ3) is 3.30. The van der Waals surface area contributed by atoms with Crippen LogP contribution in [0.25, 0.3) is 0 Å². The Hall–Kier alpha value is -2.70. The summed E-state index contributed by atoms with van der Waals surface area (Å²) in [5.74, 6) is -0.544. The third-order valence-corrected chi connectivity index (χ3v) is 6.20. The molecule has 0 bridgehead atoms. The summed E-state index contributed by atoms with van der Waals surface area (Å²) in [6, 6.07) is 17.4. The van der Waals surface area contributed by atoms with Gasteiger partial charge in [-0.15, -0.1) is 0 Å². The molecule has 2 aliphatic rings. The van der Waals surface area contributed by atoms with Crippen LogP contribution in [0.4, 0.5) is 5.69 Å². The molecular weight excluding hydrogens is 382 g/mol. The van der Waals surface area contributed by atoms with Gasteiger partial charge in [0.1, 0.15) is 0 Å². The molecule has 4 rings (SSSR count). The van der Waals surface area contributed by atoms with Gasteiger partial charge in [0.25, 0.3) is 5.91 Å². The number of hydrogen-bond donors (Lipinski definition) is 1. The SMILES string of the molecule is CCOC(=O)C[C@H]1O[C@@]2(C[C@]1(C)CO)C(=O)N(Cc1ccccc1)c1ccccc12. The minimum atomic E-state index is -1.21. The van der Waals surface area contributed by atoms with Crippen LogP contribution in [0.2, 0.25) is 0 Å². The van der Waals surface area contributed by atoms with E-state index in [2.05, 4.69) is 0 Å². The van der Waals surface area contributed by atoms with Gasteiger partial charge in [-0.05, 0) is 25.0 Å². The molecule has 1 fully saturated rings. The molecule has 1 N–H and O–H groups in total. The number of nitrogens with zero attached hydrogens (tertiary/aromatic N) is 1. The smallest absolute Gasteiger partial charge is 0.308 e. The van der Waals surface area contributed by atoms with Gasteiger partial charge in [-0.25, -0.2) is 0 Å². The molecule has 2 aromatic rings. The molecule has 158 valence electrons. The highest BCUT2D eigenvalue weighted by Crippen LogP contribution is 2.56. The molecule has 6 nitrogen and oxygen atoms in total. The number of aliphatic hydroxyl groups is 1. The van der Waals surface area contributed by atoms with Crippen molar-refractivity contribution < 1.29 is 24.2 Å². The number of ether oxygens (including phenoxy) is 2. The first-order valence-electron chi connectivity index (χ1n) is 10.3. The van der Waals surface area contributed by atoms with Crippen LogP contribution < -0.4 is 4.90 Å². The number of para-hydroxylation sites is 1. The van der Waals surface area contributed by atoms with Crippen LogP contribution in [-0.4, -0.2) is 36.3 Å². The summed E-state index contributed by atoms with van der Waals surface area (Å²) in [6.07, 6.45) is -0.308. The summed E-state index contributed by atoms with van der Waals surface area (Å²) in [7, 11) is 0. The van der Waals surface area contributed by atoms with E-state index in [4.69, 9.17) is 9.47 Å². The fourth-order valence-electron chi connectivity index (χ4n) is 4.63. The van der Waals surface area contributed by atoms with Crippen LogP contribution in [0.1, 0.15) is 37.8 Å². The van der Waals surface area contributed by atoms with Gasteiger partial charge in [0.2, 0.25) is 0 Å². The van der Waals surface area contributed by atoms with Crippen molar-refractivity contribution in [2.24, 2.45) is 5.41 Å². The lowest BCUT2D eigenvalue weighted by atomic mass is 9.76. The minimum absolute atomic E-state index is 0.000776. The van der Waals surface area contributed by atoms with Gasteiger partial charge < -0.3 is 19.5 Å². The van der Waals surface area contributed by atoms with Crippen molar-refractivity contribution >= 4 is 17.6 Å². The maximum Gasteiger partial charge on any atom is 0.308 e. The Morgan fingerprint density at radius 3 is 2.60 bits per heavy atom. The Morgan fingerprint density at radius 2 is 1.90 bits per heavy atom. The average molecular weight is 409 g/mol. The van der Waals surface area contributed by atoms with E-state index in [-0.39, 0.29) is 31.5 Å². The molecule has 0 aliphatic carbocycles. The monoisotopic (exact) mass is 409 g/mol. The predicted molar refractivity (Wildman–Crippen MR) is 112 cm³/mol. The Labute approximate surface area is 176 Å². The molecule has 2 aromatic carbocycles. The number of amides is 1. The lowest BCUT2D eigenvalue weighted by molar-refractivity contribution is -0.154. The second kappa shape index (κ2) is 7.85. The van der Waals surface area contributed by atoms with Gasteiger partial charge in [0, 0.05) is 11.0 Å². The molecular formula is C24H27NO5. The van der Waals surface area contributed by atoms with E-state index in [1.54, 1.807) is 11.8 Å². The minimum Gasteiger partial charge on any atom is -0.466 e. The van der Waals surface area contributed by atoms with Crippen LogP contribution in [0.15, 0.2) is 54.6 Å². The van der Waals surface area contributed by atoms with Crippen LogP contribution in [-0.2, 0) is 31.2 Å². The number of aliphatic hydroxyl groups excluding tert-OH is 1. The van der Waals surface area contributed by atoms with E-state index < -0.39 is 17.1 Å². The number of hydrogen-bond acceptors (Lipinski definition) is 5. The van der Waals surface area contributed by atoms with E-state index in [9.17, 15) is 14.7 Å². The maximum absolute atomic E-state index is 13.8. The van der Waals surface area contributed by atoms with E-state index in [1.807, 2.05) is 61.5 Å². The van der Waals surface area contributed by atoms with Gasteiger partial charge in [-0.2, -0.15) is 0 Å². The first-order valence-corrected chi connectivity index (χ1v) is 10.3. The second-order valence-corrected chi connectivity index (χ2v) is 8.33. The van der Waals surface area contributed by atoms with Crippen molar-refractivity contribution in [1.29, 1.82) is 0 Å². The van der Waals surface area contributed by atoms with Gasteiger partial charge in [0.15, 0.2) is 5.60 Å². The lowest BCUT2D eigenvalue weighted by Crippen LogP contribution is -2.40. The Balaban J connectivity index is 1.71. The number of benzene rings is 2. The van der Waals surface area contributed by atoms with Gasteiger partial charge in [0.05, 0.1) is 38.0 Å². The summed E-state index contributed by atoms with van der Waals surface area (Å²) in [5.41, 5.74) is 0.669.